The number of benzene rings is 1. The first-order chi connectivity index (χ1) is 6.17. The second-order valence-corrected chi connectivity index (χ2v) is 3.44. The van der Waals surface area contributed by atoms with E-state index in [9.17, 15) is 0 Å². The van der Waals surface area contributed by atoms with E-state index in [-0.39, 0.29) is 0 Å². The van der Waals surface area contributed by atoms with Crippen molar-refractivity contribution in [2.45, 2.75) is 12.6 Å². The third-order valence-corrected chi connectivity index (χ3v) is 2.05. The van der Waals surface area contributed by atoms with Crippen molar-refractivity contribution < 1.29 is 0 Å². The first-order valence-corrected chi connectivity index (χ1v) is 4.30. The number of rotatable bonds is 0. The van der Waals surface area contributed by atoms with Crippen LogP contribution in [-0.2, 0) is 0 Å². The van der Waals surface area contributed by atoms with Crippen molar-refractivity contribution in [1.29, 1.82) is 0 Å². The lowest BCUT2D eigenvalue weighted by Crippen LogP contribution is -2.35. The Hall–Kier alpha value is -1.41. The van der Waals surface area contributed by atoms with Gasteiger partial charge in [-0.25, -0.2) is 0 Å². The Kier molecular flexibility index (Phi) is 1.78. The Balaban J connectivity index is 2.77. The lowest BCUT2D eigenvalue weighted by Gasteiger charge is -2.12. The minimum absolute atomic E-state index is 0.580. The van der Waals surface area contributed by atoms with E-state index in [2.05, 4.69) is 11.1 Å². The molecule has 2 nitrogen and oxygen atoms in total. The monoisotopic (exact) mass is 172 g/mol. The van der Waals surface area contributed by atoms with Gasteiger partial charge >= 0.3 is 0 Å². The van der Waals surface area contributed by atoms with E-state index >= 15 is 0 Å². The summed E-state index contributed by atoms with van der Waals surface area (Å²) in [6.07, 6.45) is 5.72. The van der Waals surface area contributed by atoms with Crippen molar-refractivity contribution in [3.8, 4) is 0 Å². The summed E-state index contributed by atoms with van der Waals surface area (Å²) < 4.78 is 0. The molecule has 13 heavy (non-hydrogen) atoms. The maximum Gasteiger partial charge on any atom is 0.124 e. The largest absolute Gasteiger partial charge is 0.304 e. The molecular weight excluding hydrogens is 160 g/mol. The van der Waals surface area contributed by atoms with Crippen LogP contribution in [-0.4, -0.2) is 11.9 Å². The van der Waals surface area contributed by atoms with Gasteiger partial charge in [-0.1, -0.05) is 24.3 Å². The Morgan fingerprint density at radius 2 is 1.92 bits per heavy atom. The molecule has 1 heterocycles. The predicted octanol–water partition coefficient (Wildman–Crippen LogP) is 0.00690. The van der Waals surface area contributed by atoms with Crippen LogP contribution in [0.1, 0.15) is 6.92 Å². The molecule has 1 aliphatic heterocycles. The van der Waals surface area contributed by atoms with Gasteiger partial charge in [-0.3, -0.25) is 4.99 Å². The Morgan fingerprint density at radius 3 is 2.69 bits per heavy atom. The topological polar surface area (TPSA) is 38.4 Å². The van der Waals surface area contributed by atoms with Gasteiger partial charge < -0.3 is 5.73 Å². The van der Waals surface area contributed by atoms with Crippen LogP contribution in [0.5, 0.6) is 0 Å². The van der Waals surface area contributed by atoms with Crippen LogP contribution < -0.4 is 16.2 Å². The van der Waals surface area contributed by atoms with E-state index in [1.54, 1.807) is 6.21 Å². The summed E-state index contributed by atoms with van der Waals surface area (Å²) in [6, 6.07) is 8.12. The summed E-state index contributed by atoms with van der Waals surface area (Å²) in [5, 5.41) is 2.31. The fourth-order valence-electron chi connectivity index (χ4n) is 1.42. The lowest BCUT2D eigenvalue weighted by atomic mass is 10.1. The molecule has 1 aromatic carbocycles. The molecule has 2 heteroatoms. The molecule has 0 fully saturated rings. The van der Waals surface area contributed by atoms with E-state index in [1.165, 1.54) is 5.22 Å². The van der Waals surface area contributed by atoms with Crippen molar-refractivity contribution in [3.05, 3.63) is 34.7 Å². The lowest BCUT2D eigenvalue weighted by molar-refractivity contribution is 0.662. The van der Waals surface area contributed by atoms with Crippen molar-refractivity contribution in [1.82, 2.24) is 0 Å². The van der Waals surface area contributed by atoms with Gasteiger partial charge in [-0.05, 0) is 29.5 Å². The SMILES string of the molecule is CC1(N)C=c2ccccc2=CC=N1. The molecule has 0 spiro atoms. The molecule has 0 saturated heterocycles. The van der Waals surface area contributed by atoms with Crippen LogP contribution in [0.15, 0.2) is 29.3 Å². The van der Waals surface area contributed by atoms with E-state index in [4.69, 9.17) is 5.73 Å². The van der Waals surface area contributed by atoms with Gasteiger partial charge in [-0.2, -0.15) is 0 Å². The van der Waals surface area contributed by atoms with Crippen LogP contribution in [0.3, 0.4) is 0 Å². The molecule has 0 saturated carbocycles. The third-order valence-electron chi connectivity index (χ3n) is 2.05. The number of aliphatic imine (C=N–C) groups is 1. The first kappa shape index (κ1) is 8.20. The smallest absolute Gasteiger partial charge is 0.124 e. The van der Waals surface area contributed by atoms with Crippen molar-refractivity contribution in [3.63, 3.8) is 0 Å². The second-order valence-electron chi connectivity index (χ2n) is 3.44. The summed E-state index contributed by atoms with van der Waals surface area (Å²) in [5.74, 6) is 0. The van der Waals surface area contributed by atoms with Crippen LogP contribution in [0.25, 0.3) is 12.2 Å². The predicted molar refractivity (Wildman–Crippen MR) is 55.7 cm³/mol. The van der Waals surface area contributed by atoms with Gasteiger partial charge in [0, 0.05) is 6.21 Å². The van der Waals surface area contributed by atoms with Crippen LogP contribution in [0, 0.1) is 0 Å². The highest BCUT2D eigenvalue weighted by Crippen LogP contribution is 2.02. The standard InChI is InChI=1S/C11H12N2/c1-11(12)8-10-5-3-2-4-9(10)6-7-13-11/h2-8H,12H2,1H3. The van der Waals surface area contributed by atoms with Crippen molar-refractivity contribution >= 4 is 18.4 Å². The van der Waals surface area contributed by atoms with Gasteiger partial charge in [0.15, 0.2) is 0 Å². The molecule has 0 aliphatic carbocycles. The maximum atomic E-state index is 5.92. The van der Waals surface area contributed by atoms with Gasteiger partial charge in [0.2, 0.25) is 0 Å². The van der Waals surface area contributed by atoms with Crippen LogP contribution in [0.4, 0.5) is 0 Å². The van der Waals surface area contributed by atoms with Crippen LogP contribution in [0.2, 0.25) is 0 Å². The quantitative estimate of drug-likeness (QED) is 0.588. The highest BCUT2D eigenvalue weighted by atomic mass is 15.0. The Labute approximate surface area is 77.1 Å². The van der Waals surface area contributed by atoms with Gasteiger partial charge in [-0.15, -0.1) is 0 Å². The second kappa shape index (κ2) is 2.82. The molecule has 2 N–H and O–H groups in total. The molecule has 1 unspecified atom stereocenters. The fourth-order valence-corrected chi connectivity index (χ4v) is 1.42. The van der Waals surface area contributed by atoms with Gasteiger partial charge in [0.25, 0.3) is 0 Å². The molecule has 1 atom stereocenters. The van der Waals surface area contributed by atoms with Crippen molar-refractivity contribution in [2.24, 2.45) is 10.7 Å². The zero-order chi connectivity index (χ0) is 9.31. The van der Waals surface area contributed by atoms with Crippen LogP contribution >= 0.6 is 0 Å². The minimum Gasteiger partial charge on any atom is -0.304 e. The average molecular weight is 172 g/mol. The number of nitrogens with zero attached hydrogens (tertiary/aromatic N) is 1. The maximum absolute atomic E-state index is 5.92. The highest BCUT2D eigenvalue weighted by Gasteiger charge is 2.11. The summed E-state index contributed by atoms with van der Waals surface area (Å²) in [6.45, 7) is 1.89. The van der Waals surface area contributed by atoms with Crippen molar-refractivity contribution in [2.75, 3.05) is 0 Å². The molecule has 0 aromatic heterocycles. The van der Waals surface area contributed by atoms with Gasteiger partial charge in [0.1, 0.15) is 5.66 Å². The number of hydrogen-bond acceptors (Lipinski definition) is 2. The van der Waals surface area contributed by atoms with E-state index in [1.807, 2.05) is 37.3 Å². The minimum atomic E-state index is -0.580. The zero-order valence-corrected chi connectivity index (χ0v) is 7.57. The summed E-state index contributed by atoms with van der Waals surface area (Å²) in [5.41, 5.74) is 5.34. The van der Waals surface area contributed by atoms with Gasteiger partial charge in [0.05, 0.1) is 0 Å². The number of hydrogen-bond donors (Lipinski definition) is 1. The van der Waals surface area contributed by atoms with E-state index in [0.29, 0.717) is 0 Å². The fraction of sp³-hybridized carbons (Fsp3) is 0.182. The summed E-state index contributed by atoms with van der Waals surface area (Å²) >= 11 is 0. The third kappa shape index (κ3) is 1.68. The van der Waals surface area contributed by atoms with E-state index in [0.717, 1.165) is 5.22 Å². The summed E-state index contributed by atoms with van der Waals surface area (Å²) in [4.78, 5) is 4.21. The molecule has 2 rings (SSSR count). The Bertz CT molecular complexity index is 455. The summed E-state index contributed by atoms with van der Waals surface area (Å²) in [7, 11) is 0. The number of fused-ring (bicyclic) bond motifs is 1. The zero-order valence-electron chi connectivity index (χ0n) is 7.57. The highest BCUT2D eigenvalue weighted by molar-refractivity contribution is 5.92. The molecule has 66 valence electrons. The molecule has 1 aromatic rings. The normalized spacial score (nSPS) is 25.4. The molecule has 0 radical (unpaired) electrons. The Morgan fingerprint density at radius 1 is 1.23 bits per heavy atom. The number of nitrogens with two attached hydrogens (primary N) is 1. The molecular formula is C11H12N2. The van der Waals surface area contributed by atoms with E-state index < -0.39 is 5.66 Å². The average Bonchev–Trinajstić information content (AvgIpc) is 2.21. The first-order valence-electron chi connectivity index (χ1n) is 4.30. The molecule has 1 aliphatic rings. The molecule has 0 amide bonds. The molecule has 0 bridgehead atoms.